The van der Waals surface area contributed by atoms with Gasteiger partial charge in [-0.15, -0.1) is 0 Å². The number of nitrogen functional groups attached to an aromatic ring is 1. The molecule has 0 radical (unpaired) electrons. The zero-order valence-corrected chi connectivity index (χ0v) is 12.9. The summed E-state index contributed by atoms with van der Waals surface area (Å²) in [6, 6.07) is 7.14. The molecule has 116 valence electrons. The smallest absolute Gasteiger partial charge is 0.211 e. The van der Waals surface area contributed by atoms with E-state index in [1.54, 1.807) is 18.2 Å². The van der Waals surface area contributed by atoms with Gasteiger partial charge in [-0.2, -0.15) is 0 Å². The fourth-order valence-corrected chi connectivity index (χ4v) is 3.43. The number of benzene rings is 1. The SMILES string of the molecule is CS(=O)(=O)N1CCCC(COc2ccccc2C(=N)N)C1. The van der Waals surface area contributed by atoms with E-state index < -0.39 is 10.0 Å². The van der Waals surface area contributed by atoms with E-state index >= 15 is 0 Å². The molecule has 0 bridgehead atoms. The van der Waals surface area contributed by atoms with Crippen LogP contribution in [-0.4, -0.2) is 44.5 Å². The van der Waals surface area contributed by atoms with Crippen LogP contribution in [0.3, 0.4) is 0 Å². The Balaban J connectivity index is 1.99. The van der Waals surface area contributed by atoms with E-state index in [4.69, 9.17) is 15.9 Å². The second kappa shape index (κ2) is 6.44. The minimum atomic E-state index is -3.14. The van der Waals surface area contributed by atoms with Crippen LogP contribution in [0.4, 0.5) is 0 Å². The molecule has 0 spiro atoms. The van der Waals surface area contributed by atoms with Crippen molar-refractivity contribution in [2.24, 2.45) is 11.7 Å². The quantitative estimate of drug-likeness (QED) is 0.627. The lowest BCUT2D eigenvalue weighted by Gasteiger charge is -2.30. The summed E-state index contributed by atoms with van der Waals surface area (Å²) in [7, 11) is -3.14. The van der Waals surface area contributed by atoms with Crippen LogP contribution in [0, 0.1) is 11.3 Å². The second-order valence-corrected chi connectivity index (χ2v) is 7.33. The maximum absolute atomic E-state index is 11.6. The predicted molar refractivity (Wildman–Crippen MR) is 82.1 cm³/mol. The predicted octanol–water partition coefficient (Wildman–Crippen LogP) is 1.02. The summed E-state index contributed by atoms with van der Waals surface area (Å²) in [4.78, 5) is 0. The number of nitrogens with one attached hydrogen (secondary N) is 1. The normalized spacial score (nSPS) is 20.1. The zero-order chi connectivity index (χ0) is 15.5. The number of amidine groups is 1. The highest BCUT2D eigenvalue weighted by Gasteiger charge is 2.26. The molecule has 0 amide bonds. The van der Waals surface area contributed by atoms with Crippen molar-refractivity contribution in [1.29, 1.82) is 5.41 Å². The first-order valence-electron chi connectivity index (χ1n) is 6.89. The van der Waals surface area contributed by atoms with Crippen molar-refractivity contribution in [3.05, 3.63) is 29.8 Å². The lowest BCUT2D eigenvalue weighted by atomic mass is 10.0. The van der Waals surface area contributed by atoms with Gasteiger partial charge in [-0.25, -0.2) is 12.7 Å². The molecule has 1 fully saturated rings. The molecule has 1 unspecified atom stereocenters. The van der Waals surface area contributed by atoms with Crippen molar-refractivity contribution >= 4 is 15.9 Å². The molecule has 0 aliphatic carbocycles. The lowest BCUT2D eigenvalue weighted by Crippen LogP contribution is -2.41. The molecule has 1 aliphatic heterocycles. The molecule has 7 heteroatoms. The summed E-state index contributed by atoms with van der Waals surface area (Å²) in [5.41, 5.74) is 6.08. The lowest BCUT2D eigenvalue weighted by molar-refractivity contribution is 0.180. The average molecular weight is 311 g/mol. The van der Waals surface area contributed by atoms with E-state index in [1.807, 2.05) is 6.07 Å². The first-order valence-corrected chi connectivity index (χ1v) is 8.74. The van der Waals surface area contributed by atoms with Gasteiger partial charge in [-0.1, -0.05) is 12.1 Å². The highest BCUT2D eigenvalue weighted by atomic mass is 32.2. The summed E-state index contributed by atoms with van der Waals surface area (Å²) in [6.45, 7) is 1.50. The van der Waals surface area contributed by atoms with E-state index in [0.717, 1.165) is 12.8 Å². The molecule has 2 rings (SSSR count). The van der Waals surface area contributed by atoms with E-state index in [9.17, 15) is 8.42 Å². The van der Waals surface area contributed by atoms with E-state index in [-0.39, 0.29) is 11.8 Å². The van der Waals surface area contributed by atoms with Crippen LogP contribution in [0.15, 0.2) is 24.3 Å². The molecule has 3 N–H and O–H groups in total. The van der Waals surface area contributed by atoms with Gasteiger partial charge in [-0.3, -0.25) is 5.41 Å². The van der Waals surface area contributed by atoms with Crippen molar-refractivity contribution < 1.29 is 13.2 Å². The van der Waals surface area contributed by atoms with Crippen molar-refractivity contribution in [1.82, 2.24) is 4.31 Å². The maximum atomic E-state index is 11.6. The van der Waals surface area contributed by atoms with Crippen molar-refractivity contribution in [2.45, 2.75) is 12.8 Å². The first-order chi connectivity index (χ1) is 9.88. The number of nitrogens with two attached hydrogens (primary N) is 1. The van der Waals surface area contributed by atoms with Crippen molar-refractivity contribution in [3.63, 3.8) is 0 Å². The van der Waals surface area contributed by atoms with Gasteiger partial charge in [-0.05, 0) is 25.0 Å². The zero-order valence-electron chi connectivity index (χ0n) is 12.1. The Hall–Kier alpha value is -1.60. The average Bonchev–Trinajstić information content (AvgIpc) is 2.45. The number of para-hydroxylation sites is 1. The minimum absolute atomic E-state index is 0.0352. The van der Waals surface area contributed by atoms with Crippen molar-refractivity contribution in [3.8, 4) is 5.75 Å². The highest BCUT2D eigenvalue weighted by molar-refractivity contribution is 7.88. The number of hydrogen-bond acceptors (Lipinski definition) is 4. The van der Waals surface area contributed by atoms with Crippen LogP contribution in [0.25, 0.3) is 0 Å². The highest BCUT2D eigenvalue weighted by Crippen LogP contribution is 2.22. The van der Waals surface area contributed by atoms with Crippen LogP contribution in [0.5, 0.6) is 5.75 Å². The molecule has 6 nitrogen and oxygen atoms in total. The monoisotopic (exact) mass is 311 g/mol. The number of ether oxygens (including phenoxy) is 1. The molecule has 0 aromatic heterocycles. The summed E-state index contributed by atoms with van der Waals surface area (Å²) in [5.74, 6) is 0.696. The van der Waals surface area contributed by atoms with Crippen LogP contribution in [0.1, 0.15) is 18.4 Å². The van der Waals surface area contributed by atoms with Gasteiger partial charge in [0.1, 0.15) is 11.6 Å². The van der Waals surface area contributed by atoms with E-state index in [0.29, 0.717) is 31.0 Å². The molecule has 1 aromatic rings. The number of piperidine rings is 1. The fourth-order valence-electron chi connectivity index (χ4n) is 2.49. The van der Waals surface area contributed by atoms with Gasteiger partial charge >= 0.3 is 0 Å². The molecular formula is C14H21N3O3S. The Morgan fingerprint density at radius 2 is 2.19 bits per heavy atom. The minimum Gasteiger partial charge on any atom is -0.492 e. The Kier molecular flexibility index (Phi) is 4.84. The van der Waals surface area contributed by atoms with Crippen molar-refractivity contribution in [2.75, 3.05) is 26.0 Å². The van der Waals surface area contributed by atoms with Crippen LogP contribution in [-0.2, 0) is 10.0 Å². The maximum Gasteiger partial charge on any atom is 0.211 e. The topological polar surface area (TPSA) is 96.5 Å². The molecule has 1 heterocycles. The van der Waals surface area contributed by atoms with Gasteiger partial charge in [0, 0.05) is 19.0 Å². The fraction of sp³-hybridized carbons (Fsp3) is 0.500. The van der Waals surface area contributed by atoms with E-state index in [2.05, 4.69) is 0 Å². The van der Waals surface area contributed by atoms with Gasteiger partial charge in [0.05, 0.1) is 18.4 Å². The third kappa shape index (κ3) is 4.18. The summed E-state index contributed by atoms with van der Waals surface area (Å²) < 4.78 is 30.4. The number of rotatable bonds is 5. The Labute approximate surface area is 125 Å². The number of hydrogen-bond donors (Lipinski definition) is 2. The third-order valence-electron chi connectivity index (χ3n) is 3.60. The molecule has 1 atom stereocenters. The summed E-state index contributed by atoms with van der Waals surface area (Å²) in [5, 5.41) is 7.52. The van der Waals surface area contributed by atoms with E-state index in [1.165, 1.54) is 10.6 Å². The molecule has 1 aromatic carbocycles. The summed E-state index contributed by atoms with van der Waals surface area (Å²) in [6.07, 6.45) is 3.02. The first kappa shape index (κ1) is 15.8. The Morgan fingerprint density at radius 3 is 2.86 bits per heavy atom. The van der Waals surface area contributed by atoms with Crippen LogP contribution in [0.2, 0.25) is 0 Å². The Bertz CT molecular complexity index is 616. The molecule has 1 saturated heterocycles. The van der Waals surface area contributed by atoms with Crippen LogP contribution >= 0.6 is 0 Å². The molecule has 1 aliphatic rings. The molecular weight excluding hydrogens is 290 g/mol. The standard InChI is InChI=1S/C14H21N3O3S/c1-21(18,19)17-8-4-5-11(9-17)10-20-13-7-3-2-6-12(13)14(15)16/h2-3,6-7,11H,4-5,8-10H2,1H3,(H3,15,16). The van der Waals surface area contributed by atoms with Gasteiger partial charge in [0.25, 0.3) is 0 Å². The van der Waals surface area contributed by atoms with Gasteiger partial charge in [0.15, 0.2) is 0 Å². The molecule has 0 saturated carbocycles. The molecule has 21 heavy (non-hydrogen) atoms. The Morgan fingerprint density at radius 1 is 1.48 bits per heavy atom. The van der Waals surface area contributed by atoms with Gasteiger partial charge < -0.3 is 10.5 Å². The third-order valence-corrected chi connectivity index (χ3v) is 4.87. The van der Waals surface area contributed by atoms with Gasteiger partial charge in [0.2, 0.25) is 10.0 Å². The van der Waals surface area contributed by atoms with Crippen LogP contribution < -0.4 is 10.5 Å². The number of sulfonamides is 1. The summed E-state index contributed by atoms with van der Waals surface area (Å²) >= 11 is 0. The number of nitrogens with zero attached hydrogens (tertiary/aromatic N) is 1. The second-order valence-electron chi connectivity index (χ2n) is 5.35. The largest absolute Gasteiger partial charge is 0.492 e.